The highest BCUT2D eigenvalue weighted by Gasteiger charge is 2.09. The summed E-state index contributed by atoms with van der Waals surface area (Å²) in [6, 6.07) is 13.0. The number of benzene rings is 2. The summed E-state index contributed by atoms with van der Waals surface area (Å²) in [5.74, 6) is -0.167. The van der Waals surface area contributed by atoms with Crippen molar-refractivity contribution < 1.29 is 4.79 Å². The average Bonchev–Trinajstić information content (AvgIpc) is 2.42. The summed E-state index contributed by atoms with van der Waals surface area (Å²) in [6.45, 7) is 1.96. The van der Waals surface area contributed by atoms with Crippen molar-refractivity contribution in [2.45, 2.75) is 6.92 Å². The van der Waals surface area contributed by atoms with E-state index in [1.165, 1.54) is 0 Å². The van der Waals surface area contributed by atoms with E-state index >= 15 is 0 Å². The highest BCUT2D eigenvalue weighted by molar-refractivity contribution is 6.34. The van der Waals surface area contributed by atoms with E-state index < -0.39 is 0 Å². The Morgan fingerprint density at radius 2 is 1.90 bits per heavy atom. The van der Waals surface area contributed by atoms with Gasteiger partial charge in [0.05, 0.1) is 10.7 Å². The lowest BCUT2D eigenvalue weighted by Crippen LogP contribution is -2.14. The Bertz CT molecular complexity index is 638. The largest absolute Gasteiger partial charge is 0.378 e. The summed E-state index contributed by atoms with van der Waals surface area (Å²) in [4.78, 5) is 14.2. The molecule has 0 bridgehead atoms. The molecule has 0 saturated heterocycles. The van der Waals surface area contributed by atoms with Crippen molar-refractivity contribution >= 4 is 28.9 Å². The zero-order valence-corrected chi connectivity index (χ0v) is 12.5. The standard InChI is InChI=1S/C16H17ClN2O/c1-11-7-8-15(14(17)9-11)18-16(20)12-5-4-6-13(10-12)19(2)3/h4-10H,1-3H3,(H,18,20). The molecule has 0 atom stereocenters. The topological polar surface area (TPSA) is 32.3 Å². The molecular weight excluding hydrogens is 272 g/mol. The molecule has 2 rings (SSSR count). The smallest absolute Gasteiger partial charge is 0.255 e. The molecule has 0 aliphatic rings. The van der Waals surface area contributed by atoms with Crippen LogP contribution in [-0.2, 0) is 0 Å². The summed E-state index contributed by atoms with van der Waals surface area (Å²) in [5.41, 5.74) is 3.26. The zero-order chi connectivity index (χ0) is 14.7. The normalized spacial score (nSPS) is 10.2. The first-order valence-corrected chi connectivity index (χ1v) is 6.70. The van der Waals surface area contributed by atoms with E-state index in [0.717, 1.165) is 11.3 Å². The molecule has 0 spiro atoms. The SMILES string of the molecule is Cc1ccc(NC(=O)c2cccc(N(C)C)c2)c(Cl)c1. The van der Waals surface area contributed by atoms with Gasteiger partial charge >= 0.3 is 0 Å². The molecule has 0 aromatic heterocycles. The maximum atomic E-state index is 12.2. The minimum absolute atomic E-state index is 0.167. The molecule has 104 valence electrons. The van der Waals surface area contributed by atoms with Crippen LogP contribution < -0.4 is 10.2 Å². The van der Waals surface area contributed by atoms with Crippen LogP contribution in [0.4, 0.5) is 11.4 Å². The Kier molecular flexibility index (Phi) is 4.30. The average molecular weight is 289 g/mol. The van der Waals surface area contributed by atoms with Crippen molar-refractivity contribution in [3.8, 4) is 0 Å². The Morgan fingerprint density at radius 3 is 2.55 bits per heavy atom. The molecule has 0 unspecified atom stereocenters. The lowest BCUT2D eigenvalue weighted by Gasteiger charge is -2.14. The number of rotatable bonds is 3. The minimum atomic E-state index is -0.167. The van der Waals surface area contributed by atoms with E-state index in [0.29, 0.717) is 16.3 Å². The molecule has 4 heteroatoms. The molecule has 0 aliphatic carbocycles. The molecular formula is C16H17ClN2O. The van der Waals surface area contributed by atoms with Gasteiger partial charge in [-0.3, -0.25) is 4.79 Å². The van der Waals surface area contributed by atoms with Gasteiger partial charge in [-0.25, -0.2) is 0 Å². The van der Waals surface area contributed by atoms with Crippen LogP contribution in [0.2, 0.25) is 5.02 Å². The molecule has 0 fully saturated rings. The van der Waals surface area contributed by atoms with Crippen LogP contribution in [0.15, 0.2) is 42.5 Å². The molecule has 20 heavy (non-hydrogen) atoms. The van der Waals surface area contributed by atoms with Gasteiger partial charge in [-0.15, -0.1) is 0 Å². The maximum Gasteiger partial charge on any atom is 0.255 e. The fourth-order valence-electron chi connectivity index (χ4n) is 1.84. The fourth-order valence-corrected chi connectivity index (χ4v) is 2.12. The first kappa shape index (κ1) is 14.4. The highest BCUT2D eigenvalue weighted by atomic mass is 35.5. The first-order chi connectivity index (χ1) is 9.47. The fraction of sp³-hybridized carbons (Fsp3) is 0.188. The number of nitrogens with one attached hydrogen (secondary N) is 1. The van der Waals surface area contributed by atoms with Gasteiger partial charge in [-0.2, -0.15) is 0 Å². The second-order valence-corrected chi connectivity index (χ2v) is 5.29. The predicted molar refractivity (Wildman–Crippen MR) is 84.9 cm³/mol. The van der Waals surface area contributed by atoms with Crippen LogP contribution in [-0.4, -0.2) is 20.0 Å². The lowest BCUT2D eigenvalue weighted by atomic mass is 10.1. The minimum Gasteiger partial charge on any atom is -0.378 e. The van der Waals surface area contributed by atoms with Crippen molar-refractivity contribution in [2.75, 3.05) is 24.3 Å². The quantitative estimate of drug-likeness (QED) is 0.927. The molecule has 2 aromatic rings. The van der Waals surface area contributed by atoms with Crippen molar-refractivity contribution in [3.63, 3.8) is 0 Å². The molecule has 0 saturated carbocycles. The first-order valence-electron chi connectivity index (χ1n) is 6.32. The second kappa shape index (κ2) is 5.97. The van der Waals surface area contributed by atoms with E-state index in [-0.39, 0.29) is 5.91 Å². The maximum absolute atomic E-state index is 12.2. The number of amides is 1. The number of hydrogen-bond acceptors (Lipinski definition) is 2. The van der Waals surface area contributed by atoms with Gasteiger partial charge in [0.15, 0.2) is 0 Å². The van der Waals surface area contributed by atoms with Crippen molar-refractivity contribution in [1.82, 2.24) is 0 Å². The van der Waals surface area contributed by atoms with Gasteiger partial charge in [0.1, 0.15) is 0 Å². The third-order valence-electron chi connectivity index (χ3n) is 3.00. The second-order valence-electron chi connectivity index (χ2n) is 4.88. The summed E-state index contributed by atoms with van der Waals surface area (Å²) in [5, 5.41) is 3.37. The third-order valence-corrected chi connectivity index (χ3v) is 3.31. The van der Waals surface area contributed by atoms with Crippen LogP contribution >= 0.6 is 11.6 Å². The van der Waals surface area contributed by atoms with Crippen LogP contribution in [0.25, 0.3) is 0 Å². The van der Waals surface area contributed by atoms with Crippen molar-refractivity contribution in [3.05, 3.63) is 58.6 Å². The Balaban J connectivity index is 2.21. The van der Waals surface area contributed by atoms with Crippen LogP contribution in [0.3, 0.4) is 0 Å². The molecule has 0 radical (unpaired) electrons. The molecule has 0 heterocycles. The summed E-state index contributed by atoms with van der Waals surface area (Å²) in [6.07, 6.45) is 0. The van der Waals surface area contributed by atoms with Gasteiger partial charge in [0.2, 0.25) is 0 Å². The van der Waals surface area contributed by atoms with E-state index in [1.54, 1.807) is 6.07 Å². The van der Waals surface area contributed by atoms with Crippen molar-refractivity contribution in [2.24, 2.45) is 0 Å². The number of carbonyl (C=O) groups is 1. The predicted octanol–water partition coefficient (Wildman–Crippen LogP) is 3.97. The number of hydrogen-bond donors (Lipinski definition) is 1. The highest BCUT2D eigenvalue weighted by Crippen LogP contribution is 2.23. The summed E-state index contributed by atoms with van der Waals surface area (Å²) < 4.78 is 0. The van der Waals surface area contributed by atoms with Gasteiger partial charge in [-0.05, 0) is 42.8 Å². The summed E-state index contributed by atoms with van der Waals surface area (Å²) in [7, 11) is 3.88. The summed E-state index contributed by atoms with van der Waals surface area (Å²) >= 11 is 6.12. The molecule has 0 aliphatic heterocycles. The molecule has 3 nitrogen and oxygen atoms in total. The Morgan fingerprint density at radius 1 is 1.15 bits per heavy atom. The number of halogens is 1. The monoisotopic (exact) mass is 288 g/mol. The third kappa shape index (κ3) is 3.31. The van der Waals surface area contributed by atoms with E-state index in [1.807, 2.05) is 62.3 Å². The molecule has 1 N–H and O–H groups in total. The van der Waals surface area contributed by atoms with Gasteiger partial charge in [0, 0.05) is 25.3 Å². The van der Waals surface area contributed by atoms with Gasteiger partial charge in [0.25, 0.3) is 5.91 Å². The van der Waals surface area contributed by atoms with Gasteiger partial charge < -0.3 is 10.2 Å². The van der Waals surface area contributed by atoms with Crippen LogP contribution in [0.1, 0.15) is 15.9 Å². The van der Waals surface area contributed by atoms with E-state index in [9.17, 15) is 4.79 Å². The van der Waals surface area contributed by atoms with Crippen LogP contribution in [0, 0.1) is 6.92 Å². The lowest BCUT2D eigenvalue weighted by molar-refractivity contribution is 0.102. The Labute approximate surface area is 124 Å². The number of anilines is 2. The number of nitrogens with zero attached hydrogens (tertiary/aromatic N) is 1. The number of carbonyl (C=O) groups excluding carboxylic acids is 1. The van der Waals surface area contributed by atoms with Crippen LogP contribution in [0.5, 0.6) is 0 Å². The van der Waals surface area contributed by atoms with Gasteiger partial charge in [-0.1, -0.05) is 23.7 Å². The molecule has 2 aromatic carbocycles. The molecule has 1 amide bonds. The van der Waals surface area contributed by atoms with E-state index in [2.05, 4.69) is 5.32 Å². The zero-order valence-electron chi connectivity index (χ0n) is 11.8. The Hall–Kier alpha value is -2.00. The van der Waals surface area contributed by atoms with Crippen molar-refractivity contribution in [1.29, 1.82) is 0 Å². The van der Waals surface area contributed by atoms with E-state index in [4.69, 9.17) is 11.6 Å². The number of aryl methyl sites for hydroxylation is 1.